The molecule has 0 aromatic heterocycles. The zero-order valence-corrected chi connectivity index (χ0v) is 13.5. The Morgan fingerprint density at radius 2 is 1.37 bits per heavy atom. The van der Waals surface area contributed by atoms with Crippen molar-refractivity contribution in [2.75, 3.05) is 0 Å². The van der Waals surface area contributed by atoms with Gasteiger partial charge in [-0.25, -0.2) is 0 Å². The molecule has 0 nitrogen and oxygen atoms in total. The van der Waals surface area contributed by atoms with Crippen molar-refractivity contribution >= 4 is 46.4 Å². The van der Waals surface area contributed by atoms with E-state index in [9.17, 15) is 0 Å². The molecule has 2 aromatic carbocycles. The number of halogens is 4. The molecule has 0 aliphatic heterocycles. The quantitative estimate of drug-likeness (QED) is 0.543. The average molecular weight is 334 g/mol. The van der Waals surface area contributed by atoms with Crippen LogP contribution < -0.4 is 0 Å². The van der Waals surface area contributed by atoms with Crippen LogP contribution in [0.2, 0.25) is 15.1 Å². The minimum absolute atomic E-state index is 0.465. The van der Waals surface area contributed by atoms with Gasteiger partial charge in [-0.05, 0) is 48.7 Å². The molecular formula is C15H12Cl4. The summed E-state index contributed by atoms with van der Waals surface area (Å²) in [5.74, 6) is 0. The minimum Gasteiger partial charge on any atom is -0.112 e. The molecule has 1 unspecified atom stereocenters. The van der Waals surface area contributed by atoms with Crippen LogP contribution in [0.25, 0.3) is 0 Å². The molecule has 0 N–H and O–H groups in total. The van der Waals surface area contributed by atoms with Crippen molar-refractivity contribution < 1.29 is 0 Å². The fraction of sp³-hybridized carbons (Fsp3) is 0.200. The van der Waals surface area contributed by atoms with Gasteiger partial charge in [-0.15, -0.1) is 11.6 Å². The molecule has 0 heterocycles. The smallest absolute Gasteiger partial charge is 0.0878 e. The van der Waals surface area contributed by atoms with Crippen molar-refractivity contribution in [2.24, 2.45) is 0 Å². The van der Waals surface area contributed by atoms with Crippen molar-refractivity contribution in [3.8, 4) is 0 Å². The zero-order chi connectivity index (χ0) is 14.2. The topological polar surface area (TPSA) is 0 Å². The molecular weight excluding hydrogens is 322 g/mol. The van der Waals surface area contributed by atoms with Crippen LogP contribution in [0, 0.1) is 13.8 Å². The molecule has 0 spiro atoms. The Morgan fingerprint density at radius 3 is 1.95 bits per heavy atom. The van der Waals surface area contributed by atoms with Crippen LogP contribution in [0.4, 0.5) is 0 Å². The second-order valence-corrected chi connectivity index (χ2v) is 6.11. The van der Waals surface area contributed by atoms with Crippen LogP contribution in [0.5, 0.6) is 0 Å². The van der Waals surface area contributed by atoms with Crippen LogP contribution in [0.1, 0.15) is 27.6 Å². The van der Waals surface area contributed by atoms with E-state index in [-0.39, 0.29) is 0 Å². The maximum absolute atomic E-state index is 6.52. The van der Waals surface area contributed by atoms with Gasteiger partial charge in [0.05, 0.1) is 5.38 Å². The molecule has 19 heavy (non-hydrogen) atoms. The maximum Gasteiger partial charge on any atom is 0.0878 e. The minimum atomic E-state index is -0.465. The number of rotatable bonds is 2. The van der Waals surface area contributed by atoms with Crippen molar-refractivity contribution in [1.82, 2.24) is 0 Å². The molecule has 0 fully saturated rings. The third-order valence-electron chi connectivity index (χ3n) is 3.14. The summed E-state index contributed by atoms with van der Waals surface area (Å²) in [7, 11) is 0. The molecule has 1 atom stereocenters. The summed E-state index contributed by atoms with van der Waals surface area (Å²) in [6.45, 7) is 4.03. The van der Waals surface area contributed by atoms with Crippen LogP contribution >= 0.6 is 46.4 Å². The lowest BCUT2D eigenvalue weighted by molar-refractivity contribution is 1.12. The summed E-state index contributed by atoms with van der Waals surface area (Å²) in [6, 6.07) is 9.22. The Bertz CT molecular complexity index is 600. The molecule has 0 amide bonds. The van der Waals surface area contributed by atoms with Crippen LogP contribution in [0.15, 0.2) is 30.3 Å². The number of benzene rings is 2. The first kappa shape index (κ1) is 15.0. The summed E-state index contributed by atoms with van der Waals surface area (Å²) in [6.07, 6.45) is 0. The van der Waals surface area contributed by atoms with E-state index in [1.54, 1.807) is 18.2 Å². The molecule has 100 valence electrons. The number of aryl methyl sites for hydroxylation is 2. The van der Waals surface area contributed by atoms with Crippen LogP contribution in [-0.2, 0) is 0 Å². The van der Waals surface area contributed by atoms with Crippen molar-refractivity contribution in [3.05, 3.63) is 67.7 Å². The molecule has 0 saturated carbocycles. The number of hydrogen-bond acceptors (Lipinski definition) is 0. The van der Waals surface area contributed by atoms with E-state index < -0.39 is 5.38 Å². The second kappa shape index (κ2) is 5.93. The lowest BCUT2D eigenvalue weighted by Gasteiger charge is -2.17. The first-order valence-corrected chi connectivity index (χ1v) is 7.33. The van der Waals surface area contributed by atoms with Gasteiger partial charge in [0.25, 0.3) is 0 Å². The van der Waals surface area contributed by atoms with Crippen molar-refractivity contribution in [1.29, 1.82) is 0 Å². The Kier molecular flexibility index (Phi) is 4.68. The van der Waals surface area contributed by atoms with E-state index in [2.05, 4.69) is 0 Å². The highest BCUT2D eigenvalue weighted by atomic mass is 35.5. The third-order valence-corrected chi connectivity index (χ3v) is 4.58. The van der Waals surface area contributed by atoms with Gasteiger partial charge in [-0.1, -0.05) is 46.9 Å². The van der Waals surface area contributed by atoms with E-state index in [1.165, 1.54) is 0 Å². The van der Waals surface area contributed by atoms with E-state index in [0.29, 0.717) is 20.6 Å². The monoisotopic (exact) mass is 332 g/mol. The van der Waals surface area contributed by atoms with Crippen LogP contribution in [-0.4, -0.2) is 0 Å². The van der Waals surface area contributed by atoms with Gasteiger partial charge in [0, 0.05) is 20.6 Å². The van der Waals surface area contributed by atoms with Gasteiger partial charge >= 0.3 is 0 Å². The molecule has 0 radical (unpaired) electrons. The molecule has 4 heteroatoms. The third kappa shape index (κ3) is 3.03. The molecule has 0 saturated heterocycles. The molecule has 2 aromatic rings. The number of alkyl halides is 1. The highest BCUT2D eigenvalue weighted by Crippen LogP contribution is 2.41. The first-order valence-electron chi connectivity index (χ1n) is 5.76. The average Bonchev–Trinajstić information content (AvgIpc) is 2.33. The lowest BCUT2D eigenvalue weighted by Crippen LogP contribution is -1.98. The van der Waals surface area contributed by atoms with E-state index in [4.69, 9.17) is 46.4 Å². The van der Waals surface area contributed by atoms with E-state index >= 15 is 0 Å². The van der Waals surface area contributed by atoms with Gasteiger partial charge in [-0.2, -0.15) is 0 Å². The Hall–Kier alpha value is -0.400. The summed E-state index contributed by atoms with van der Waals surface area (Å²) < 4.78 is 0. The van der Waals surface area contributed by atoms with Crippen LogP contribution in [0.3, 0.4) is 0 Å². The zero-order valence-electron chi connectivity index (χ0n) is 10.5. The summed E-state index contributed by atoms with van der Waals surface area (Å²) in [4.78, 5) is 0. The van der Waals surface area contributed by atoms with Gasteiger partial charge < -0.3 is 0 Å². The summed E-state index contributed by atoms with van der Waals surface area (Å²) in [5.41, 5.74) is 3.77. The van der Waals surface area contributed by atoms with Crippen molar-refractivity contribution in [2.45, 2.75) is 19.2 Å². The maximum atomic E-state index is 6.52. The lowest BCUT2D eigenvalue weighted by atomic mass is 9.99. The fourth-order valence-corrected chi connectivity index (χ4v) is 3.43. The van der Waals surface area contributed by atoms with Gasteiger partial charge in [-0.3, -0.25) is 0 Å². The highest BCUT2D eigenvalue weighted by Gasteiger charge is 2.20. The van der Waals surface area contributed by atoms with Crippen molar-refractivity contribution in [3.63, 3.8) is 0 Å². The summed E-state index contributed by atoms with van der Waals surface area (Å²) in [5, 5.41) is 1.25. The first-order chi connectivity index (χ1) is 8.91. The normalized spacial score (nSPS) is 12.5. The number of hydrogen-bond donors (Lipinski definition) is 0. The van der Waals surface area contributed by atoms with E-state index in [1.807, 2.05) is 26.0 Å². The summed E-state index contributed by atoms with van der Waals surface area (Å²) >= 11 is 25.2. The largest absolute Gasteiger partial charge is 0.112 e. The van der Waals surface area contributed by atoms with Gasteiger partial charge in [0.2, 0.25) is 0 Å². The Balaban J connectivity index is 2.56. The molecule has 0 aliphatic carbocycles. The Morgan fingerprint density at radius 1 is 0.842 bits per heavy atom. The van der Waals surface area contributed by atoms with Gasteiger partial charge in [0.1, 0.15) is 0 Å². The Labute approximate surface area is 133 Å². The standard InChI is InChI=1S/C15H12Cl4/c1-8-6-10(13(18)7-9(8)2)15(19)14-11(16)4-3-5-12(14)17/h3-7,15H,1-2H3. The molecule has 0 bridgehead atoms. The predicted molar refractivity (Wildman–Crippen MR) is 85.1 cm³/mol. The second-order valence-electron chi connectivity index (χ2n) is 4.46. The van der Waals surface area contributed by atoms with E-state index in [0.717, 1.165) is 16.7 Å². The predicted octanol–water partition coefficient (Wildman–Crippen LogP) is 6.59. The highest BCUT2D eigenvalue weighted by molar-refractivity contribution is 6.38. The fourth-order valence-electron chi connectivity index (χ4n) is 1.91. The molecule has 2 rings (SSSR count). The van der Waals surface area contributed by atoms with Gasteiger partial charge in [0.15, 0.2) is 0 Å². The molecule has 0 aliphatic rings. The SMILES string of the molecule is Cc1cc(Cl)c(C(Cl)c2c(Cl)cccc2Cl)cc1C.